The van der Waals surface area contributed by atoms with Gasteiger partial charge in [-0.05, 0) is 12.3 Å². The molecular formula is C9H19NO2. The van der Waals surface area contributed by atoms with E-state index in [0.29, 0.717) is 5.92 Å². The molecule has 0 radical (unpaired) electrons. The predicted molar refractivity (Wildman–Crippen MR) is 47.9 cm³/mol. The lowest BCUT2D eigenvalue weighted by atomic mass is 10.2. The second-order valence-electron chi connectivity index (χ2n) is 4.07. The molecule has 0 spiro atoms. The zero-order valence-electron chi connectivity index (χ0n) is 7.90. The number of likely N-dealkylation sites (tertiary alicyclic amines) is 1. The van der Waals surface area contributed by atoms with E-state index in [4.69, 9.17) is 5.11 Å². The summed E-state index contributed by atoms with van der Waals surface area (Å²) in [6.45, 7) is 6.17. The van der Waals surface area contributed by atoms with Crippen LogP contribution in [0.3, 0.4) is 0 Å². The van der Waals surface area contributed by atoms with Gasteiger partial charge in [-0.1, -0.05) is 13.8 Å². The third kappa shape index (κ3) is 2.44. The number of hydrogen-bond acceptors (Lipinski definition) is 3. The third-order valence-electron chi connectivity index (χ3n) is 2.32. The van der Waals surface area contributed by atoms with Crippen LogP contribution in [-0.2, 0) is 0 Å². The third-order valence-corrected chi connectivity index (χ3v) is 2.32. The number of aliphatic hydroxyl groups excluding tert-OH is 2. The molecule has 12 heavy (non-hydrogen) atoms. The van der Waals surface area contributed by atoms with Crippen molar-refractivity contribution in [1.82, 2.24) is 4.90 Å². The first kappa shape index (κ1) is 9.96. The molecule has 1 fully saturated rings. The Morgan fingerprint density at radius 1 is 1.50 bits per heavy atom. The molecule has 0 aliphatic carbocycles. The van der Waals surface area contributed by atoms with E-state index in [-0.39, 0.29) is 18.8 Å². The monoisotopic (exact) mass is 173 g/mol. The van der Waals surface area contributed by atoms with Gasteiger partial charge in [0.25, 0.3) is 0 Å². The highest BCUT2D eigenvalue weighted by atomic mass is 16.3. The zero-order chi connectivity index (χ0) is 9.14. The second kappa shape index (κ2) is 4.21. The van der Waals surface area contributed by atoms with Gasteiger partial charge >= 0.3 is 0 Å². The van der Waals surface area contributed by atoms with Crippen molar-refractivity contribution in [3.63, 3.8) is 0 Å². The van der Waals surface area contributed by atoms with Gasteiger partial charge in [0.15, 0.2) is 0 Å². The number of rotatable bonds is 3. The maximum Gasteiger partial charge on any atom is 0.0683 e. The molecule has 2 N–H and O–H groups in total. The minimum absolute atomic E-state index is 0.170. The van der Waals surface area contributed by atoms with E-state index in [1.165, 1.54) is 0 Å². The van der Waals surface area contributed by atoms with Crippen molar-refractivity contribution in [3.8, 4) is 0 Å². The van der Waals surface area contributed by atoms with Crippen molar-refractivity contribution in [2.45, 2.75) is 32.4 Å². The fraction of sp³-hybridized carbons (Fsp3) is 1.00. The Kier molecular flexibility index (Phi) is 3.50. The van der Waals surface area contributed by atoms with Gasteiger partial charge in [-0.25, -0.2) is 0 Å². The predicted octanol–water partition coefficient (Wildman–Crippen LogP) is 0.0699. The number of β-amino-alcohol motifs (C(OH)–C–C–N with tert-alkyl or cyclic N) is 1. The van der Waals surface area contributed by atoms with Gasteiger partial charge < -0.3 is 10.2 Å². The molecule has 0 unspecified atom stereocenters. The zero-order valence-corrected chi connectivity index (χ0v) is 7.90. The van der Waals surface area contributed by atoms with E-state index in [0.717, 1.165) is 19.5 Å². The number of hydrogen-bond donors (Lipinski definition) is 2. The highest BCUT2D eigenvalue weighted by Crippen LogP contribution is 2.18. The van der Waals surface area contributed by atoms with E-state index in [1.807, 2.05) is 0 Å². The fourth-order valence-electron chi connectivity index (χ4n) is 1.84. The second-order valence-corrected chi connectivity index (χ2v) is 4.07. The summed E-state index contributed by atoms with van der Waals surface area (Å²) in [6, 6.07) is 0.183. The van der Waals surface area contributed by atoms with Crippen LogP contribution in [0.5, 0.6) is 0 Å². The maximum absolute atomic E-state index is 9.36. The molecule has 0 bridgehead atoms. The Morgan fingerprint density at radius 3 is 2.67 bits per heavy atom. The molecule has 1 rings (SSSR count). The van der Waals surface area contributed by atoms with Crippen LogP contribution in [0.2, 0.25) is 0 Å². The molecule has 1 heterocycles. The van der Waals surface area contributed by atoms with Gasteiger partial charge in [0, 0.05) is 19.1 Å². The van der Waals surface area contributed by atoms with Gasteiger partial charge in [0.1, 0.15) is 0 Å². The normalized spacial score (nSPS) is 31.8. The standard InChI is InChI=1S/C9H19NO2/c1-7(2)4-10-5-9(12)3-8(10)6-11/h7-9,11-12H,3-6H2,1-2H3/t8-,9+/m0/s1. The average Bonchev–Trinajstić information content (AvgIpc) is 2.29. The fourth-order valence-corrected chi connectivity index (χ4v) is 1.84. The molecule has 72 valence electrons. The lowest BCUT2D eigenvalue weighted by molar-refractivity contribution is 0.143. The van der Waals surface area contributed by atoms with Gasteiger partial charge in [0.2, 0.25) is 0 Å². The lowest BCUT2D eigenvalue weighted by Crippen LogP contribution is -2.35. The Bertz CT molecular complexity index is 138. The first-order valence-corrected chi connectivity index (χ1v) is 4.66. The largest absolute Gasteiger partial charge is 0.395 e. The Morgan fingerprint density at radius 2 is 2.17 bits per heavy atom. The molecule has 0 aromatic carbocycles. The van der Waals surface area contributed by atoms with E-state index >= 15 is 0 Å². The van der Waals surface area contributed by atoms with E-state index in [1.54, 1.807) is 0 Å². The average molecular weight is 173 g/mol. The van der Waals surface area contributed by atoms with Crippen molar-refractivity contribution < 1.29 is 10.2 Å². The summed E-state index contributed by atoms with van der Waals surface area (Å²) < 4.78 is 0. The van der Waals surface area contributed by atoms with Crippen LogP contribution < -0.4 is 0 Å². The van der Waals surface area contributed by atoms with Crippen LogP contribution in [0.4, 0.5) is 0 Å². The first-order chi connectivity index (χ1) is 5.63. The molecule has 3 nitrogen and oxygen atoms in total. The molecule has 1 aliphatic rings. The van der Waals surface area contributed by atoms with Gasteiger partial charge in [-0.3, -0.25) is 4.90 Å². The van der Waals surface area contributed by atoms with Gasteiger partial charge in [0.05, 0.1) is 12.7 Å². The van der Waals surface area contributed by atoms with Crippen molar-refractivity contribution in [1.29, 1.82) is 0 Å². The van der Waals surface area contributed by atoms with E-state index < -0.39 is 0 Å². The smallest absolute Gasteiger partial charge is 0.0683 e. The Hall–Kier alpha value is -0.120. The van der Waals surface area contributed by atoms with E-state index in [9.17, 15) is 5.11 Å². The minimum Gasteiger partial charge on any atom is -0.395 e. The van der Waals surface area contributed by atoms with Crippen molar-refractivity contribution in [2.24, 2.45) is 5.92 Å². The van der Waals surface area contributed by atoms with Crippen LogP contribution in [0.15, 0.2) is 0 Å². The SMILES string of the molecule is CC(C)CN1C[C@H](O)C[C@H]1CO. The number of nitrogens with zero attached hydrogens (tertiary/aromatic N) is 1. The summed E-state index contributed by atoms with van der Waals surface area (Å²) in [5.74, 6) is 0.601. The molecule has 3 heteroatoms. The maximum atomic E-state index is 9.36. The summed E-state index contributed by atoms with van der Waals surface area (Å²) in [7, 11) is 0. The topological polar surface area (TPSA) is 43.7 Å². The first-order valence-electron chi connectivity index (χ1n) is 4.66. The van der Waals surface area contributed by atoms with Gasteiger partial charge in [-0.2, -0.15) is 0 Å². The summed E-state index contributed by atoms with van der Waals surface area (Å²) in [4.78, 5) is 2.18. The summed E-state index contributed by atoms with van der Waals surface area (Å²) >= 11 is 0. The van der Waals surface area contributed by atoms with Crippen molar-refractivity contribution in [3.05, 3.63) is 0 Å². The molecular weight excluding hydrogens is 154 g/mol. The molecule has 0 aromatic heterocycles. The molecule has 2 atom stereocenters. The highest BCUT2D eigenvalue weighted by Gasteiger charge is 2.30. The molecule has 1 saturated heterocycles. The summed E-state index contributed by atoms with van der Waals surface area (Å²) in [5.41, 5.74) is 0. The lowest BCUT2D eigenvalue weighted by Gasteiger charge is -2.23. The van der Waals surface area contributed by atoms with Gasteiger partial charge in [-0.15, -0.1) is 0 Å². The van der Waals surface area contributed by atoms with Crippen LogP contribution in [0, 0.1) is 5.92 Å². The summed E-state index contributed by atoms with van der Waals surface area (Å²) in [6.07, 6.45) is 0.490. The highest BCUT2D eigenvalue weighted by molar-refractivity contribution is 4.84. The number of aliphatic hydroxyl groups is 2. The van der Waals surface area contributed by atoms with Crippen LogP contribution in [0.25, 0.3) is 0 Å². The summed E-state index contributed by atoms with van der Waals surface area (Å²) in [5, 5.41) is 18.4. The quantitative estimate of drug-likeness (QED) is 0.635. The Balaban J connectivity index is 2.40. The van der Waals surface area contributed by atoms with Crippen LogP contribution in [0.1, 0.15) is 20.3 Å². The van der Waals surface area contributed by atoms with Crippen molar-refractivity contribution in [2.75, 3.05) is 19.7 Å². The van der Waals surface area contributed by atoms with E-state index in [2.05, 4.69) is 18.7 Å². The minimum atomic E-state index is -0.235. The Labute approximate surface area is 74.0 Å². The van der Waals surface area contributed by atoms with Crippen LogP contribution >= 0.6 is 0 Å². The molecule has 0 saturated carbocycles. The molecule has 0 aromatic rings. The van der Waals surface area contributed by atoms with Crippen molar-refractivity contribution >= 4 is 0 Å². The molecule has 1 aliphatic heterocycles. The molecule has 0 amide bonds. The van der Waals surface area contributed by atoms with Crippen LogP contribution in [-0.4, -0.2) is 47.0 Å².